The Balaban J connectivity index is 1.65. The molecule has 0 bridgehead atoms. The minimum Gasteiger partial charge on any atom is -0.496 e. The Hall–Kier alpha value is -3.93. The summed E-state index contributed by atoms with van der Waals surface area (Å²) in [5.41, 5.74) is 3.91. The monoisotopic (exact) mass is 424 g/mol. The predicted octanol–water partition coefficient (Wildman–Crippen LogP) is 4.98. The van der Waals surface area contributed by atoms with Gasteiger partial charge in [-0.1, -0.05) is 72.3 Å². The Morgan fingerprint density at radius 2 is 1.59 bits per heavy atom. The molecule has 0 aliphatic carbocycles. The molecule has 6 nitrogen and oxygen atoms in total. The standard InChI is InChI=1S/C26H24N4O2/c1-18-12-14-20(15-13-18)23-16-22(19-8-4-3-5-9-19)29(26-27-17-28-30(23)26)25(31)21-10-6-7-11-24(21)32-2/h3-15,17,22-23H,16H2,1-2H3/t22-,23-/m1/s1. The summed E-state index contributed by atoms with van der Waals surface area (Å²) in [6.07, 6.45) is 2.21. The van der Waals surface area contributed by atoms with Gasteiger partial charge in [0, 0.05) is 0 Å². The van der Waals surface area contributed by atoms with Crippen molar-refractivity contribution < 1.29 is 9.53 Å². The van der Waals surface area contributed by atoms with Crippen LogP contribution in [0.5, 0.6) is 5.75 Å². The second kappa shape index (κ2) is 8.30. The molecule has 160 valence electrons. The van der Waals surface area contributed by atoms with Crippen LogP contribution in [0.3, 0.4) is 0 Å². The van der Waals surface area contributed by atoms with Crippen LogP contribution in [-0.2, 0) is 0 Å². The van der Waals surface area contributed by atoms with Gasteiger partial charge in [-0.25, -0.2) is 4.68 Å². The number of carbonyl (C=O) groups excluding carboxylic acids is 1. The number of methoxy groups -OCH3 is 1. The van der Waals surface area contributed by atoms with Gasteiger partial charge in [-0.15, -0.1) is 0 Å². The van der Waals surface area contributed by atoms with Crippen LogP contribution in [0.1, 0.15) is 45.6 Å². The minimum absolute atomic E-state index is 0.0278. The van der Waals surface area contributed by atoms with Crippen molar-refractivity contribution in [3.05, 3.63) is 107 Å². The normalized spacial score (nSPS) is 17.6. The van der Waals surface area contributed by atoms with Crippen LogP contribution in [0.2, 0.25) is 0 Å². The van der Waals surface area contributed by atoms with E-state index in [-0.39, 0.29) is 18.0 Å². The highest BCUT2D eigenvalue weighted by Gasteiger charge is 2.40. The van der Waals surface area contributed by atoms with Crippen molar-refractivity contribution in [1.82, 2.24) is 14.8 Å². The average molecular weight is 425 g/mol. The molecule has 0 unspecified atom stereocenters. The number of aryl methyl sites for hydroxylation is 1. The van der Waals surface area contributed by atoms with Crippen LogP contribution in [0.4, 0.5) is 5.95 Å². The second-order valence-electron chi connectivity index (χ2n) is 7.97. The second-order valence-corrected chi connectivity index (χ2v) is 7.97. The molecule has 6 heteroatoms. The van der Waals surface area contributed by atoms with Crippen LogP contribution in [0, 0.1) is 6.92 Å². The third-order valence-electron chi connectivity index (χ3n) is 6.03. The summed E-state index contributed by atoms with van der Waals surface area (Å²) in [5, 5.41) is 4.51. The molecule has 32 heavy (non-hydrogen) atoms. The Kier molecular flexibility index (Phi) is 5.19. The Morgan fingerprint density at radius 1 is 0.906 bits per heavy atom. The summed E-state index contributed by atoms with van der Waals surface area (Å²) >= 11 is 0. The van der Waals surface area contributed by atoms with E-state index in [9.17, 15) is 4.79 Å². The number of hydrogen-bond acceptors (Lipinski definition) is 4. The molecule has 4 aromatic rings. The maximum atomic E-state index is 13.9. The molecule has 1 amide bonds. The van der Waals surface area contributed by atoms with Crippen LogP contribution in [0.15, 0.2) is 85.2 Å². The minimum atomic E-state index is -0.198. The Morgan fingerprint density at radius 3 is 2.34 bits per heavy atom. The Labute approximate surface area is 187 Å². The Bertz CT molecular complexity index is 1230. The first-order chi connectivity index (χ1) is 15.7. The average Bonchev–Trinajstić information content (AvgIpc) is 3.33. The van der Waals surface area contributed by atoms with Gasteiger partial charge >= 0.3 is 0 Å². The van der Waals surface area contributed by atoms with Gasteiger partial charge in [0.15, 0.2) is 0 Å². The van der Waals surface area contributed by atoms with E-state index >= 15 is 0 Å². The molecule has 2 heterocycles. The fraction of sp³-hybridized carbons (Fsp3) is 0.192. The van der Waals surface area contributed by atoms with Crippen LogP contribution >= 0.6 is 0 Å². The summed E-state index contributed by atoms with van der Waals surface area (Å²) in [6, 6.07) is 25.6. The van der Waals surface area contributed by atoms with Gasteiger partial charge in [-0.3, -0.25) is 9.69 Å². The topological polar surface area (TPSA) is 60.2 Å². The maximum absolute atomic E-state index is 13.9. The summed E-state index contributed by atoms with van der Waals surface area (Å²) in [6.45, 7) is 2.08. The van der Waals surface area contributed by atoms with Crippen molar-refractivity contribution >= 4 is 11.9 Å². The van der Waals surface area contributed by atoms with E-state index in [2.05, 4.69) is 53.4 Å². The lowest BCUT2D eigenvalue weighted by molar-refractivity contribution is 0.0960. The highest BCUT2D eigenvalue weighted by Crippen LogP contribution is 2.43. The van der Waals surface area contributed by atoms with E-state index in [1.54, 1.807) is 24.1 Å². The number of carbonyl (C=O) groups is 1. The van der Waals surface area contributed by atoms with E-state index in [0.29, 0.717) is 23.7 Å². The number of rotatable bonds is 4. The van der Waals surface area contributed by atoms with Gasteiger partial charge < -0.3 is 4.74 Å². The van der Waals surface area contributed by atoms with E-state index in [1.807, 2.05) is 35.0 Å². The molecule has 0 spiro atoms. The van der Waals surface area contributed by atoms with Gasteiger partial charge in [0.2, 0.25) is 5.95 Å². The number of fused-ring (bicyclic) bond motifs is 1. The molecule has 1 aliphatic heterocycles. The van der Waals surface area contributed by atoms with Crippen molar-refractivity contribution in [2.75, 3.05) is 12.0 Å². The highest BCUT2D eigenvalue weighted by molar-refractivity contribution is 6.07. The van der Waals surface area contributed by atoms with Gasteiger partial charge in [0.05, 0.1) is 24.8 Å². The quantitative estimate of drug-likeness (QED) is 0.464. The summed E-state index contributed by atoms with van der Waals surface area (Å²) < 4.78 is 7.34. The summed E-state index contributed by atoms with van der Waals surface area (Å²) in [4.78, 5) is 20.2. The van der Waals surface area contributed by atoms with Crippen LogP contribution in [-0.4, -0.2) is 27.8 Å². The first-order valence-electron chi connectivity index (χ1n) is 10.6. The summed E-state index contributed by atoms with van der Waals surface area (Å²) in [7, 11) is 1.58. The molecule has 2 atom stereocenters. The molecule has 0 saturated carbocycles. The molecule has 0 saturated heterocycles. The first-order valence-corrected chi connectivity index (χ1v) is 10.6. The molecule has 5 rings (SSSR count). The highest BCUT2D eigenvalue weighted by atomic mass is 16.5. The third kappa shape index (κ3) is 3.43. The van der Waals surface area contributed by atoms with E-state index in [4.69, 9.17) is 4.74 Å². The third-order valence-corrected chi connectivity index (χ3v) is 6.03. The van der Waals surface area contributed by atoms with Crippen LogP contribution in [0.25, 0.3) is 0 Å². The van der Waals surface area contributed by atoms with Crippen LogP contribution < -0.4 is 9.64 Å². The molecule has 0 fully saturated rings. The lowest BCUT2D eigenvalue weighted by Gasteiger charge is -2.39. The van der Waals surface area contributed by atoms with Crippen molar-refractivity contribution in [3.63, 3.8) is 0 Å². The molecule has 0 N–H and O–H groups in total. The first kappa shape index (κ1) is 20.0. The maximum Gasteiger partial charge on any atom is 0.264 e. The molecular formula is C26H24N4O2. The van der Waals surface area contributed by atoms with Gasteiger partial charge in [-0.05, 0) is 36.6 Å². The number of hydrogen-bond donors (Lipinski definition) is 0. The lowest BCUT2D eigenvalue weighted by atomic mass is 9.91. The predicted molar refractivity (Wildman–Crippen MR) is 123 cm³/mol. The van der Waals surface area contributed by atoms with E-state index in [0.717, 1.165) is 11.1 Å². The largest absolute Gasteiger partial charge is 0.496 e. The number of amides is 1. The zero-order chi connectivity index (χ0) is 22.1. The number of ether oxygens (including phenoxy) is 1. The molecule has 1 aromatic heterocycles. The smallest absolute Gasteiger partial charge is 0.264 e. The SMILES string of the molecule is COc1ccccc1C(=O)N1c2ncnn2[C@@H](c2ccc(C)cc2)C[C@@H]1c1ccccc1. The molecule has 0 radical (unpaired) electrons. The number of anilines is 1. The molecular weight excluding hydrogens is 400 g/mol. The zero-order valence-corrected chi connectivity index (χ0v) is 18.1. The summed E-state index contributed by atoms with van der Waals surface area (Å²) in [5.74, 6) is 0.913. The van der Waals surface area contributed by atoms with E-state index < -0.39 is 0 Å². The number of benzene rings is 3. The number of para-hydroxylation sites is 1. The lowest BCUT2D eigenvalue weighted by Crippen LogP contribution is -2.42. The zero-order valence-electron chi connectivity index (χ0n) is 18.1. The van der Waals surface area contributed by atoms with Gasteiger partial charge in [0.1, 0.15) is 12.1 Å². The van der Waals surface area contributed by atoms with Crippen molar-refractivity contribution in [2.24, 2.45) is 0 Å². The number of aromatic nitrogens is 3. The van der Waals surface area contributed by atoms with Crippen molar-refractivity contribution in [2.45, 2.75) is 25.4 Å². The molecule has 3 aromatic carbocycles. The van der Waals surface area contributed by atoms with Crippen molar-refractivity contribution in [1.29, 1.82) is 0 Å². The number of nitrogens with zero attached hydrogens (tertiary/aromatic N) is 4. The molecule has 1 aliphatic rings. The van der Waals surface area contributed by atoms with Gasteiger partial charge in [-0.2, -0.15) is 10.1 Å². The van der Waals surface area contributed by atoms with Gasteiger partial charge in [0.25, 0.3) is 5.91 Å². The van der Waals surface area contributed by atoms with Crippen molar-refractivity contribution in [3.8, 4) is 5.75 Å². The fourth-order valence-corrected chi connectivity index (χ4v) is 4.40. The fourth-order valence-electron chi connectivity index (χ4n) is 4.40. The van der Waals surface area contributed by atoms with E-state index in [1.165, 1.54) is 11.9 Å².